The van der Waals surface area contributed by atoms with Crippen LogP contribution in [-0.4, -0.2) is 44.7 Å². The average Bonchev–Trinajstić information content (AvgIpc) is 3.04. The number of hydrogen-bond donors (Lipinski definition) is 1. The molecule has 1 N–H and O–H groups in total. The fourth-order valence-electron chi connectivity index (χ4n) is 3.77. The summed E-state index contributed by atoms with van der Waals surface area (Å²) < 4.78 is 10.7. The lowest BCUT2D eigenvalue weighted by Crippen LogP contribution is -2.42. The van der Waals surface area contributed by atoms with E-state index in [0.29, 0.717) is 12.0 Å². The molecule has 24 heavy (non-hydrogen) atoms. The summed E-state index contributed by atoms with van der Waals surface area (Å²) in [4.78, 5) is 7.29. The number of methoxy groups -OCH3 is 2. The Hall–Kier alpha value is -1.91. The van der Waals surface area contributed by atoms with Gasteiger partial charge >= 0.3 is 0 Å². The van der Waals surface area contributed by atoms with Crippen LogP contribution in [-0.2, 0) is 6.54 Å². The average molecular weight is 331 g/mol. The van der Waals surface area contributed by atoms with Crippen LogP contribution in [0.4, 0.5) is 0 Å². The van der Waals surface area contributed by atoms with Crippen LogP contribution < -0.4 is 14.8 Å². The van der Waals surface area contributed by atoms with Crippen molar-refractivity contribution in [2.75, 3.05) is 33.9 Å². The minimum atomic E-state index is 0.577. The van der Waals surface area contributed by atoms with Gasteiger partial charge in [0.2, 0.25) is 0 Å². The van der Waals surface area contributed by atoms with E-state index in [2.05, 4.69) is 17.1 Å². The Morgan fingerprint density at radius 1 is 1.25 bits per heavy atom. The van der Waals surface area contributed by atoms with Gasteiger partial charge < -0.3 is 19.7 Å². The normalized spacial score (nSPS) is 19.3. The molecular weight excluding hydrogens is 302 g/mol. The van der Waals surface area contributed by atoms with Crippen molar-refractivity contribution in [2.24, 2.45) is 10.4 Å². The largest absolute Gasteiger partial charge is 0.497 e. The minimum absolute atomic E-state index is 0.577. The first kappa shape index (κ1) is 16.9. The fourth-order valence-corrected chi connectivity index (χ4v) is 3.77. The molecule has 0 bridgehead atoms. The van der Waals surface area contributed by atoms with Crippen molar-refractivity contribution in [3.8, 4) is 11.5 Å². The van der Waals surface area contributed by atoms with Gasteiger partial charge in [0.1, 0.15) is 11.5 Å². The van der Waals surface area contributed by atoms with Crippen LogP contribution >= 0.6 is 0 Å². The first-order valence-corrected chi connectivity index (χ1v) is 8.94. The van der Waals surface area contributed by atoms with Gasteiger partial charge in [-0.3, -0.25) is 0 Å². The van der Waals surface area contributed by atoms with Crippen LogP contribution in [0.25, 0.3) is 0 Å². The van der Waals surface area contributed by atoms with Crippen molar-refractivity contribution in [1.29, 1.82) is 0 Å². The molecule has 5 heteroatoms. The third-order valence-corrected chi connectivity index (χ3v) is 5.38. The highest BCUT2D eigenvalue weighted by molar-refractivity contribution is 5.80. The van der Waals surface area contributed by atoms with Gasteiger partial charge in [0.05, 0.1) is 20.8 Å². The Kier molecular flexibility index (Phi) is 5.17. The van der Waals surface area contributed by atoms with Gasteiger partial charge in [0.25, 0.3) is 0 Å². The van der Waals surface area contributed by atoms with Crippen molar-refractivity contribution >= 4 is 5.96 Å². The Bertz CT molecular complexity index is 596. The highest BCUT2D eigenvalue weighted by Crippen LogP contribution is 2.47. The molecule has 1 aromatic carbocycles. The molecule has 1 saturated heterocycles. The molecule has 3 rings (SSSR count). The van der Waals surface area contributed by atoms with E-state index >= 15 is 0 Å². The molecule has 2 aliphatic rings. The monoisotopic (exact) mass is 331 g/mol. The Morgan fingerprint density at radius 3 is 2.67 bits per heavy atom. The zero-order chi connectivity index (χ0) is 17.0. The number of aliphatic imine (C=N–C) groups is 1. The highest BCUT2D eigenvalue weighted by atomic mass is 16.5. The van der Waals surface area contributed by atoms with Crippen LogP contribution in [0.5, 0.6) is 11.5 Å². The fraction of sp³-hybridized carbons (Fsp3) is 0.632. The summed E-state index contributed by atoms with van der Waals surface area (Å²) in [5.74, 6) is 2.66. The lowest BCUT2D eigenvalue weighted by molar-refractivity contribution is 0.151. The summed E-state index contributed by atoms with van der Waals surface area (Å²) in [6.07, 6.45) is 5.47. The van der Waals surface area contributed by atoms with Gasteiger partial charge in [-0.1, -0.05) is 6.42 Å². The molecule has 132 valence electrons. The first-order chi connectivity index (χ1) is 11.7. The van der Waals surface area contributed by atoms with Crippen molar-refractivity contribution < 1.29 is 9.47 Å². The van der Waals surface area contributed by atoms with E-state index in [0.717, 1.165) is 42.7 Å². The second-order valence-corrected chi connectivity index (χ2v) is 6.87. The lowest BCUT2D eigenvalue weighted by atomic mass is 9.68. The molecule has 0 aromatic heterocycles. The highest BCUT2D eigenvalue weighted by Gasteiger charge is 2.43. The predicted molar refractivity (Wildman–Crippen MR) is 96.8 cm³/mol. The maximum Gasteiger partial charge on any atom is 0.194 e. The molecule has 5 nitrogen and oxygen atoms in total. The van der Waals surface area contributed by atoms with Gasteiger partial charge in [-0.25, -0.2) is 4.99 Å². The molecule has 0 radical (unpaired) electrons. The summed E-state index contributed by atoms with van der Waals surface area (Å²) in [5, 5.41) is 3.45. The van der Waals surface area contributed by atoms with Gasteiger partial charge in [0.15, 0.2) is 5.96 Å². The predicted octanol–water partition coefficient (Wildman–Crippen LogP) is 3.05. The third-order valence-electron chi connectivity index (χ3n) is 5.38. The number of benzene rings is 1. The van der Waals surface area contributed by atoms with E-state index in [-0.39, 0.29) is 0 Å². The second-order valence-electron chi connectivity index (χ2n) is 6.87. The SMILES string of the molecule is CCNC(=NCc1ccc(OC)cc1OC)N1CCC2(CCC2)C1. The van der Waals surface area contributed by atoms with E-state index < -0.39 is 0 Å². The smallest absolute Gasteiger partial charge is 0.194 e. The number of hydrogen-bond acceptors (Lipinski definition) is 3. The van der Waals surface area contributed by atoms with Crippen LogP contribution in [0.3, 0.4) is 0 Å². The van der Waals surface area contributed by atoms with Crippen LogP contribution in [0.2, 0.25) is 0 Å². The quantitative estimate of drug-likeness (QED) is 0.665. The van der Waals surface area contributed by atoms with Crippen LogP contribution in [0.1, 0.15) is 38.2 Å². The van der Waals surface area contributed by atoms with E-state index in [1.54, 1.807) is 14.2 Å². The standard InChI is InChI=1S/C19H29N3O2/c1-4-20-18(22-11-10-19(14-22)8-5-9-19)21-13-15-6-7-16(23-2)12-17(15)24-3/h6-7,12H,4-5,8-11,13-14H2,1-3H3,(H,20,21). The molecule has 1 saturated carbocycles. The maximum atomic E-state index is 5.48. The first-order valence-electron chi connectivity index (χ1n) is 8.94. The second kappa shape index (κ2) is 7.32. The lowest BCUT2D eigenvalue weighted by Gasteiger charge is -2.38. The van der Waals surface area contributed by atoms with Crippen molar-refractivity contribution in [2.45, 2.75) is 39.2 Å². The zero-order valence-corrected chi connectivity index (χ0v) is 15.1. The van der Waals surface area contributed by atoms with Gasteiger partial charge in [-0.2, -0.15) is 0 Å². The Balaban J connectivity index is 1.72. The molecule has 2 fully saturated rings. The molecular formula is C19H29N3O2. The number of likely N-dealkylation sites (tertiary alicyclic amines) is 1. The van der Waals surface area contributed by atoms with Crippen molar-refractivity contribution in [3.05, 3.63) is 23.8 Å². The van der Waals surface area contributed by atoms with E-state index in [1.165, 1.54) is 25.7 Å². The molecule has 0 amide bonds. The topological polar surface area (TPSA) is 46.1 Å². The number of nitrogens with zero attached hydrogens (tertiary/aromatic N) is 2. The molecule has 1 aliphatic carbocycles. The minimum Gasteiger partial charge on any atom is -0.497 e. The number of ether oxygens (including phenoxy) is 2. The van der Waals surface area contributed by atoms with Crippen LogP contribution in [0, 0.1) is 5.41 Å². The van der Waals surface area contributed by atoms with E-state index in [9.17, 15) is 0 Å². The number of guanidine groups is 1. The molecule has 0 unspecified atom stereocenters. The Labute approximate surface area is 145 Å². The van der Waals surface area contributed by atoms with Gasteiger partial charge in [-0.15, -0.1) is 0 Å². The molecule has 1 aromatic rings. The third kappa shape index (κ3) is 3.45. The van der Waals surface area contributed by atoms with Gasteiger partial charge in [0, 0.05) is 31.3 Å². The number of rotatable bonds is 5. The number of nitrogens with one attached hydrogen (secondary N) is 1. The van der Waals surface area contributed by atoms with Crippen molar-refractivity contribution in [1.82, 2.24) is 10.2 Å². The summed E-state index contributed by atoms with van der Waals surface area (Å²) in [6, 6.07) is 5.90. The zero-order valence-electron chi connectivity index (χ0n) is 15.1. The molecule has 0 atom stereocenters. The summed E-state index contributed by atoms with van der Waals surface area (Å²) in [5.41, 5.74) is 1.65. The Morgan fingerprint density at radius 2 is 2.08 bits per heavy atom. The van der Waals surface area contributed by atoms with Crippen molar-refractivity contribution in [3.63, 3.8) is 0 Å². The molecule has 1 spiro atoms. The molecule has 1 aliphatic heterocycles. The summed E-state index contributed by atoms with van der Waals surface area (Å²) >= 11 is 0. The summed E-state index contributed by atoms with van der Waals surface area (Å²) in [6.45, 7) is 5.89. The van der Waals surface area contributed by atoms with Crippen LogP contribution in [0.15, 0.2) is 23.2 Å². The van der Waals surface area contributed by atoms with E-state index in [4.69, 9.17) is 14.5 Å². The molecule has 1 heterocycles. The van der Waals surface area contributed by atoms with E-state index in [1.807, 2.05) is 18.2 Å². The maximum absolute atomic E-state index is 5.48. The van der Waals surface area contributed by atoms with Gasteiger partial charge in [-0.05, 0) is 43.7 Å². The summed E-state index contributed by atoms with van der Waals surface area (Å²) in [7, 11) is 3.35.